The highest BCUT2D eigenvalue weighted by molar-refractivity contribution is 7.71. The molecule has 2 unspecified atom stereocenters. The van der Waals surface area contributed by atoms with Crippen molar-refractivity contribution in [1.29, 1.82) is 0 Å². The van der Waals surface area contributed by atoms with Gasteiger partial charge in [0.25, 0.3) is 5.91 Å². The molecule has 1 aromatic carbocycles. The number of para-hydroxylation sites is 1. The molecule has 27 heavy (non-hydrogen) atoms. The number of halogens is 1. The normalized spacial score (nSPS) is 12.9. The van der Waals surface area contributed by atoms with E-state index in [1.807, 2.05) is 0 Å². The third kappa shape index (κ3) is 7.92. The minimum atomic E-state index is -0.770. The molecule has 0 bridgehead atoms. The molecule has 0 saturated carbocycles. The van der Waals surface area contributed by atoms with Crippen molar-refractivity contribution in [3.05, 3.63) is 46.1 Å². The molecular weight excluding hydrogens is 392 g/mol. The summed E-state index contributed by atoms with van der Waals surface area (Å²) < 4.78 is 11.2. The Kier molecular flexibility index (Phi) is 8.46. The number of H-pyrrole nitrogens is 1. The van der Waals surface area contributed by atoms with Crippen molar-refractivity contribution < 1.29 is 19.4 Å². The number of aliphatic hydroxyl groups is 1. The van der Waals surface area contributed by atoms with Crippen LogP contribution in [0.1, 0.15) is 6.92 Å². The standard InChI is InChI=1S/C17H21ClN4O4S/c1-11(20-15(24)10-26-16-6-7-17(27)22-21-16)19-8-12(23)9-25-14-5-3-2-4-13(14)18/h2-7,11-12,19,23H,8-10H2,1H3,(H,20,24)(H,22,27). The first kappa shape index (κ1) is 21.1. The van der Waals surface area contributed by atoms with Crippen LogP contribution in [-0.2, 0) is 4.79 Å². The predicted molar refractivity (Wildman–Crippen MR) is 103 cm³/mol. The van der Waals surface area contributed by atoms with E-state index in [2.05, 4.69) is 20.8 Å². The maximum atomic E-state index is 11.9. The first-order chi connectivity index (χ1) is 12.9. The molecule has 0 aliphatic rings. The molecule has 2 rings (SSSR count). The largest absolute Gasteiger partial charge is 0.489 e. The number of carbonyl (C=O) groups excluding carboxylic acids is 1. The Morgan fingerprint density at radius 1 is 1.33 bits per heavy atom. The van der Waals surface area contributed by atoms with Gasteiger partial charge in [0, 0.05) is 12.6 Å². The van der Waals surface area contributed by atoms with Crippen molar-refractivity contribution in [1.82, 2.24) is 20.8 Å². The van der Waals surface area contributed by atoms with Crippen molar-refractivity contribution in [2.24, 2.45) is 0 Å². The molecular formula is C17H21ClN4O4S. The lowest BCUT2D eigenvalue weighted by atomic mass is 10.3. The van der Waals surface area contributed by atoms with E-state index >= 15 is 0 Å². The van der Waals surface area contributed by atoms with Gasteiger partial charge in [-0.1, -0.05) is 36.0 Å². The molecule has 10 heteroatoms. The highest BCUT2D eigenvalue weighted by atomic mass is 35.5. The molecule has 1 aromatic heterocycles. The maximum Gasteiger partial charge on any atom is 0.259 e. The van der Waals surface area contributed by atoms with Crippen LogP contribution < -0.4 is 20.1 Å². The van der Waals surface area contributed by atoms with Gasteiger partial charge >= 0.3 is 0 Å². The Labute approximate surface area is 166 Å². The van der Waals surface area contributed by atoms with E-state index in [9.17, 15) is 9.90 Å². The van der Waals surface area contributed by atoms with Gasteiger partial charge in [-0.05, 0) is 25.1 Å². The average molecular weight is 413 g/mol. The van der Waals surface area contributed by atoms with Crippen molar-refractivity contribution in [3.63, 3.8) is 0 Å². The van der Waals surface area contributed by atoms with Crippen LogP contribution in [0.4, 0.5) is 0 Å². The third-order valence-electron chi connectivity index (χ3n) is 3.31. The van der Waals surface area contributed by atoms with Gasteiger partial charge < -0.3 is 19.9 Å². The lowest BCUT2D eigenvalue weighted by Crippen LogP contribution is -2.47. The quantitative estimate of drug-likeness (QED) is 0.347. The molecule has 0 spiro atoms. The lowest BCUT2D eigenvalue weighted by Gasteiger charge is -2.19. The number of nitrogens with one attached hydrogen (secondary N) is 3. The molecule has 0 aliphatic heterocycles. The van der Waals surface area contributed by atoms with E-state index in [0.717, 1.165) is 0 Å². The number of aromatic amines is 1. The highest BCUT2D eigenvalue weighted by Gasteiger charge is 2.11. The fourth-order valence-electron chi connectivity index (χ4n) is 2.01. The lowest BCUT2D eigenvalue weighted by molar-refractivity contribution is -0.124. The second-order valence-corrected chi connectivity index (χ2v) is 6.49. The summed E-state index contributed by atoms with van der Waals surface area (Å²) in [4.78, 5) is 11.9. The number of benzene rings is 1. The van der Waals surface area contributed by atoms with E-state index in [1.165, 1.54) is 0 Å². The molecule has 0 saturated heterocycles. The minimum Gasteiger partial charge on any atom is -0.489 e. The number of aliphatic hydroxyl groups excluding tert-OH is 1. The Balaban J connectivity index is 1.63. The Morgan fingerprint density at radius 2 is 2.11 bits per heavy atom. The smallest absolute Gasteiger partial charge is 0.259 e. The molecule has 1 heterocycles. The molecule has 0 fully saturated rings. The molecule has 8 nitrogen and oxygen atoms in total. The Bertz CT molecular complexity index is 784. The number of rotatable bonds is 10. The van der Waals surface area contributed by atoms with Crippen molar-refractivity contribution >= 4 is 29.7 Å². The zero-order valence-electron chi connectivity index (χ0n) is 14.6. The van der Waals surface area contributed by atoms with E-state index in [1.54, 1.807) is 43.3 Å². The molecule has 2 aromatic rings. The van der Waals surface area contributed by atoms with E-state index < -0.39 is 6.10 Å². The summed E-state index contributed by atoms with van der Waals surface area (Å²) in [7, 11) is 0. The fourth-order valence-corrected chi connectivity index (χ4v) is 2.31. The number of aromatic nitrogens is 2. The van der Waals surface area contributed by atoms with Gasteiger partial charge in [0.15, 0.2) is 6.61 Å². The van der Waals surface area contributed by atoms with Gasteiger partial charge in [-0.25, -0.2) is 0 Å². The summed E-state index contributed by atoms with van der Waals surface area (Å²) in [5.74, 6) is 0.444. The summed E-state index contributed by atoms with van der Waals surface area (Å²) in [6, 6.07) is 10.2. The van der Waals surface area contributed by atoms with Gasteiger partial charge in [0.1, 0.15) is 23.1 Å². The fraction of sp³-hybridized carbons (Fsp3) is 0.353. The first-order valence-corrected chi connectivity index (χ1v) is 8.99. The number of carbonyl (C=O) groups is 1. The molecule has 0 radical (unpaired) electrons. The van der Waals surface area contributed by atoms with E-state index in [-0.39, 0.29) is 37.7 Å². The minimum absolute atomic E-state index is 0.0710. The van der Waals surface area contributed by atoms with Crippen LogP contribution in [0.2, 0.25) is 5.02 Å². The zero-order valence-corrected chi connectivity index (χ0v) is 16.2. The zero-order chi connectivity index (χ0) is 19.6. The number of hydrogen-bond donors (Lipinski definition) is 4. The van der Waals surface area contributed by atoms with Crippen LogP contribution >= 0.6 is 23.8 Å². The van der Waals surface area contributed by atoms with Gasteiger partial charge in [-0.2, -0.15) is 0 Å². The first-order valence-electron chi connectivity index (χ1n) is 8.20. The number of hydrogen-bond acceptors (Lipinski definition) is 7. The molecule has 146 valence electrons. The van der Waals surface area contributed by atoms with E-state index in [4.69, 9.17) is 33.3 Å². The molecule has 2 atom stereocenters. The monoisotopic (exact) mass is 412 g/mol. The number of amides is 1. The van der Waals surface area contributed by atoms with Crippen LogP contribution in [0.5, 0.6) is 11.6 Å². The van der Waals surface area contributed by atoms with Crippen LogP contribution in [0.25, 0.3) is 0 Å². The van der Waals surface area contributed by atoms with Crippen LogP contribution in [-0.4, -0.2) is 53.2 Å². The molecule has 0 aliphatic carbocycles. The number of nitrogens with zero attached hydrogens (tertiary/aromatic N) is 1. The average Bonchev–Trinajstić information content (AvgIpc) is 2.65. The van der Waals surface area contributed by atoms with Gasteiger partial charge in [0.2, 0.25) is 5.88 Å². The van der Waals surface area contributed by atoms with E-state index in [0.29, 0.717) is 15.4 Å². The van der Waals surface area contributed by atoms with Crippen molar-refractivity contribution in [2.45, 2.75) is 19.2 Å². The van der Waals surface area contributed by atoms with Crippen LogP contribution in [0, 0.1) is 4.64 Å². The SMILES string of the molecule is CC(NCC(O)COc1ccccc1Cl)NC(=O)COc1ccc(=S)[nH]n1. The van der Waals surface area contributed by atoms with Crippen molar-refractivity contribution in [3.8, 4) is 11.6 Å². The highest BCUT2D eigenvalue weighted by Crippen LogP contribution is 2.22. The third-order valence-corrected chi connectivity index (χ3v) is 3.85. The topological polar surface area (TPSA) is 109 Å². The summed E-state index contributed by atoms with van der Waals surface area (Å²) in [6.07, 6.45) is -1.14. The Hall–Kier alpha value is -2.20. The molecule has 4 N–H and O–H groups in total. The Morgan fingerprint density at radius 3 is 2.81 bits per heavy atom. The maximum absolute atomic E-state index is 11.9. The molecule has 1 amide bonds. The summed E-state index contributed by atoms with van der Waals surface area (Å²) in [6.45, 7) is 1.85. The van der Waals surface area contributed by atoms with Gasteiger partial charge in [0.05, 0.1) is 11.2 Å². The summed E-state index contributed by atoms with van der Waals surface area (Å²) >= 11 is 10.9. The summed E-state index contributed by atoms with van der Waals surface area (Å²) in [5.41, 5.74) is 0. The second kappa shape index (κ2) is 10.8. The van der Waals surface area contributed by atoms with Crippen LogP contribution in [0.15, 0.2) is 36.4 Å². The second-order valence-electron chi connectivity index (χ2n) is 5.64. The van der Waals surface area contributed by atoms with Gasteiger partial charge in [-0.15, -0.1) is 5.10 Å². The van der Waals surface area contributed by atoms with Crippen molar-refractivity contribution in [2.75, 3.05) is 19.8 Å². The summed E-state index contributed by atoms with van der Waals surface area (Å²) in [5, 5.41) is 22.5. The van der Waals surface area contributed by atoms with Gasteiger partial charge in [-0.3, -0.25) is 15.2 Å². The van der Waals surface area contributed by atoms with Crippen LogP contribution in [0.3, 0.4) is 0 Å². The predicted octanol–water partition coefficient (Wildman–Crippen LogP) is 1.66. The number of ether oxygens (including phenoxy) is 2.